The van der Waals surface area contributed by atoms with Gasteiger partial charge in [0.05, 0.1) is 17.8 Å². The molecule has 3 aromatic rings. The lowest BCUT2D eigenvalue weighted by Crippen LogP contribution is -2.24. The maximum Gasteiger partial charge on any atom is 0.270 e. The highest BCUT2D eigenvalue weighted by atomic mass is 35.5. The average molecular weight is 397 g/mol. The van der Waals surface area contributed by atoms with E-state index in [4.69, 9.17) is 16.3 Å². The molecule has 144 valence electrons. The van der Waals surface area contributed by atoms with Crippen LogP contribution in [0.4, 0.5) is 11.6 Å². The van der Waals surface area contributed by atoms with Crippen molar-refractivity contribution in [1.82, 2.24) is 15.3 Å². The molecule has 0 aliphatic heterocycles. The molecule has 1 heterocycles. The van der Waals surface area contributed by atoms with Crippen LogP contribution in [-0.2, 0) is 6.54 Å². The highest BCUT2D eigenvalue weighted by molar-refractivity contribution is 6.33. The predicted octanol–water partition coefficient (Wildman–Crippen LogP) is 4.43. The summed E-state index contributed by atoms with van der Waals surface area (Å²) < 4.78 is 5.13. The van der Waals surface area contributed by atoms with Gasteiger partial charge in [0.15, 0.2) is 0 Å². The van der Waals surface area contributed by atoms with Crippen LogP contribution in [0.15, 0.2) is 48.7 Å². The Bertz CT molecular complexity index is 967. The lowest BCUT2D eigenvalue weighted by molar-refractivity contribution is 0.0946. The normalized spacial score (nSPS) is 10.4. The average Bonchev–Trinajstić information content (AvgIpc) is 2.69. The summed E-state index contributed by atoms with van der Waals surface area (Å²) in [6.07, 6.45) is 1.54. The Morgan fingerprint density at radius 2 is 1.89 bits per heavy atom. The minimum absolute atomic E-state index is 0.270. The molecule has 7 heteroatoms. The molecule has 0 unspecified atom stereocenters. The lowest BCUT2D eigenvalue weighted by Gasteiger charge is -2.12. The van der Waals surface area contributed by atoms with Gasteiger partial charge in [0, 0.05) is 12.7 Å². The Labute approximate surface area is 168 Å². The number of halogens is 1. The molecule has 0 bridgehead atoms. The number of rotatable bonds is 6. The van der Waals surface area contributed by atoms with Crippen molar-refractivity contribution in [2.75, 3.05) is 12.4 Å². The van der Waals surface area contributed by atoms with Crippen LogP contribution in [0.2, 0.25) is 5.02 Å². The number of hydrogen-bond donors (Lipinski definition) is 2. The molecule has 6 nitrogen and oxygen atoms in total. The van der Waals surface area contributed by atoms with E-state index in [0.29, 0.717) is 17.5 Å². The molecule has 0 atom stereocenters. The fraction of sp³-hybridized carbons (Fsp3) is 0.190. The zero-order valence-electron chi connectivity index (χ0n) is 15.9. The van der Waals surface area contributed by atoms with Crippen molar-refractivity contribution in [1.29, 1.82) is 0 Å². The van der Waals surface area contributed by atoms with Crippen LogP contribution in [0.3, 0.4) is 0 Å². The van der Waals surface area contributed by atoms with E-state index >= 15 is 0 Å². The quantitative estimate of drug-likeness (QED) is 0.644. The van der Waals surface area contributed by atoms with E-state index in [1.807, 2.05) is 50.2 Å². The van der Waals surface area contributed by atoms with Gasteiger partial charge in [-0.25, -0.2) is 9.97 Å². The van der Waals surface area contributed by atoms with Crippen LogP contribution in [-0.4, -0.2) is 23.0 Å². The number of ether oxygens (including phenoxy) is 1. The van der Waals surface area contributed by atoms with E-state index in [1.165, 1.54) is 6.20 Å². The Morgan fingerprint density at radius 3 is 2.57 bits per heavy atom. The largest absolute Gasteiger partial charge is 0.497 e. The number of hydrogen-bond acceptors (Lipinski definition) is 5. The van der Waals surface area contributed by atoms with Crippen molar-refractivity contribution < 1.29 is 9.53 Å². The third kappa shape index (κ3) is 4.78. The van der Waals surface area contributed by atoms with Crippen LogP contribution in [0.1, 0.15) is 27.2 Å². The van der Waals surface area contributed by atoms with Crippen LogP contribution < -0.4 is 15.4 Å². The molecule has 2 N–H and O–H groups in total. The number of aromatic nitrogens is 2. The highest BCUT2D eigenvalue weighted by Crippen LogP contribution is 2.29. The Hall–Kier alpha value is -3.12. The van der Waals surface area contributed by atoms with E-state index in [9.17, 15) is 4.79 Å². The molecule has 1 aromatic heterocycles. The Balaban J connectivity index is 1.69. The van der Waals surface area contributed by atoms with Crippen molar-refractivity contribution in [3.8, 4) is 5.75 Å². The number of methoxy groups -OCH3 is 1. The van der Waals surface area contributed by atoms with E-state index in [2.05, 4.69) is 20.6 Å². The summed E-state index contributed by atoms with van der Waals surface area (Å²) in [5, 5.41) is 6.53. The van der Waals surface area contributed by atoms with E-state index in [0.717, 1.165) is 28.1 Å². The lowest BCUT2D eigenvalue weighted by atomic mass is 10.1. The van der Waals surface area contributed by atoms with Crippen LogP contribution in [0.5, 0.6) is 5.75 Å². The van der Waals surface area contributed by atoms with Gasteiger partial charge in [-0.15, -0.1) is 0 Å². The van der Waals surface area contributed by atoms with Crippen molar-refractivity contribution in [3.05, 3.63) is 76.1 Å². The third-order valence-electron chi connectivity index (χ3n) is 4.17. The second kappa shape index (κ2) is 8.71. The molecular weight excluding hydrogens is 376 g/mol. The van der Waals surface area contributed by atoms with Crippen molar-refractivity contribution in [2.24, 2.45) is 0 Å². The van der Waals surface area contributed by atoms with Gasteiger partial charge in [0.25, 0.3) is 5.91 Å². The Kier molecular flexibility index (Phi) is 6.11. The number of benzene rings is 2. The summed E-state index contributed by atoms with van der Waals surface area (Å²) in [6.45, 7) is 4.32. The molecule has 0 radical (unpaired) electrons. The van der Waals surface area contributed by atoms with Gasteiger partial charge in [-0.05, 0) is 54.8 Å². The van der Waals surface area contributed by atoms with E-state index < -0.39 is 0 Å². The third-order valence-corrected chi connectivity index (χ3v) is 4.47. The summed E-state index contributed by atoms with van der Waals surface area (Å²) >= 11 is 6.32. The number of nitrogens with zero attached hydrogens (tertiary/aromatic N) is 2. The first kappa shape index (κ1) is 19.6. The first-order valence-corrected chi connectivity index (χ1v) is 9.12. The minimum atomic E-state index is -0.284. The summed E-state index contributed by atoms with van der Waals surface area (Å²) in [7, 11) is 1.61. The first-order chi connectivity index (χ1) is 13.5. The van der Waals surface area contributed by atoms with Gasteiger partial charge < -0.3 is 15.4 Å². The second-order valence-electron chi connectivity index (χ2n) is 6.36. The van der Waals surface area contributed by atoms with Gasteiger partial charge in [-0.2, -0.15) is 0 Å². The van der Waals surface area contributed by atoms with Crippen LogP contribution >= 0.6 is 11.6 Å². The summed E-state index contributed by atoms with van der Waals surface area (Å²) in [6, 6.07) is 12.9. The van der Waals surface area contributed by atoms with Crippen molar-refractivity contribution >= 4 is 29.1 Å². The fourth-order valence-electron chi connectivity index (χ4n) is 2.75. The number of anilines is 2. The Morgan fingerprint density at radius 1 is 1.14 bits per heavy atom. The van der Waals surface area contributed by atoms with Crippen LogP contribution in [0, 0.1) is 13.8 Å². The number of carbonyl (C=O) groups excluding carboxylic acids is 1. The SMILES string of the molecule is COc1ccc(CNC(=O)c2ccnc(Nc3c(C)cc(C)cc3Cl)n2)cc1. The number of carbonyl (C=O) groups is 1. The molecule has 0 saturated heterocycles. The molecular formula is C21H21ClN4O2. The van der Waals surface area contributed by atoms with Crippen molar-refractivity contribution in [2.45, 2.75) is 20.4 Å². The first-order valence-electron chi connectivity index (χ1n) is 8.74. The fourth-order valence-corrected chi connectivity index (χ4v) is 3.12. The topological polar surface area (TPSA) is 76.1 Å². The standard InChI is InChI=1S/C21H21ClN4O2/c1-13-10-14(2)19(17(22)11-13)26-21-23-9-8-18(25-21)20(27)24-12-15-4-6-16(28-3)7-5-15/h4-11H,12H2,1-3H3,(H,24,27)(H,23,25,26). The number of aryl methyl sites for hydroxylation is 2. The molecule has 0 fully saturated rings. The molecule has 3 rings (SSSR count). The predicted molar refractivity (Wildman–Crippen MR) is 110 cm³/mol. The molecule has 0 saturated carbocycles. The minimum Gasteiger partial charge on any atom is -0.497 e. The number of amides is 1. The second-order valence-corrected chi connectivity index (χ2v) is 6.77. The molecule has 0 aliphatic rings. The van der Waals surface area contributed by atoms with E-state index in [-0.39, 0.29) is 11.6 Å². The molecule has 2 aromatic carbocycles. The van der Waals surface area contributed by atoms with Gasteiger partial charge in [0.1, 0.15) is 11.4 Å². The molecule has 0 spiro atoms. The van der Waals surface area contributed by atoms with Gasteiger partial charge >= 0.3 is 0 Å². The highest BCUT2D eigenvalue weighted by Gasteiger charge is 2.11. The smallest absolute Gasteiger partial charge is 0.270 e. The number of nitrogens with one attached hydrogen (secondary N) is 2. The van der Waals surface area contributed by atoms with Gasteiger partial charge in [0.2, 0.25) is 5.95 Å². The molecule has 0 aliphatic carbocycles. The monoisotopic (exact) mass is 396 g/mol. The van der Waals surface area contributed by atoms with Gasteiger partial charge in [-0.3, -0.25) is 4.79 Å². The van der Waals surface area contributed by atoms with E-state index in [1.54, 1.807) is 13.2 Å². The zero-order chi connectivity index (χ0) is 20.1. The summed E-state index contributed by atoms with van der Waals surface area (Å²) in [5.41, 5.74) is 4.00. The maximum atomic E-state index is 12.4. The zero-order valence-corrected chi connectivity index (χ0v) is 16.7. The maximum absolute atomic E-state index is 12.4. The summed E-state index contributed by atoms with van der Waals surface area (Å²) in [5.74, 6) is 0.797. The summed E-state index contributed by atoms with van der Waals surface area (Å²) in [4.78, 5) is 20.9. The van der Waals surface area contributed by atoms with Crippen molar-refractivity contribution in [3.63, 3.8) is 0 Å². The molecule has 1 amide bonds. The molecule has 28 heavy (non-hydrogen) atoms. The van der Waals surface area contributed by atoms with Crippen LogP contribution in [0.25, 0.3) is 0 Å². The van der Waals surface area contributed by atoms with Gasteiger partial charge in [-0.1, -0.05) is 29.8 Å².